The van der Waals surface area contributed by atoms with Crippen molar-refractivity contribution >= 4 is 11.7 Å². The standard InChI is InChI=1S/C21H20N6O/c22-10-9-15-1-3-17(4-2-15)12-27-13-19(26-14-27)21(28)25-11-16-5-7-18(8-6-16)20(23)24/h1-8,13-14H,9,11-12H2,(H3,23,24)(H,25,28). The van der Waals surface area contributed by atoms with Crippen LogP contribution < -0.4 is 11.1 Å². The number of carbonyl (C=O) groups excluding carboxylic acids is 1. The van der Waals surface area contributed by atoms with Crippen LogP contribution in [0.3, 0.4) is 0 Å². The summed E-state index contributed by atoms with van der Waals surface area (Å²) in [4.78, 5) is 16.5. The molecule has 0 unspecified atom stereocenters. The monoisotopic (exact) mass is 372 g/mol. The van der Waals surface area contributed by atoms with E-state index in [4.69, 9.17) is 16.4 Å². The van der Waals surface area contributed by atoms with Gasteiger partial charge >= 0.3 is 0 Å². The van der Waals surface area contributed by atoms with Crippen LogP contribution in [0.25, 0.3) is 0 Å². The maximum Gasteiger partial charge on any atom is 0.271 e. The molecule has 0 aliphatic heterocycles. The molecular weight excluding hydrogens is 352 g/mol. The summed E-state index contributed by atoms with van der Waals surface area (Å²) in [7, 11) is 0. The van der Waals surface area contributed by atoms with Crippen LogP contribution in [0.5, 0.6) is 0 Å². The molecule has 1 amide bonds. The van der Waals surface area contributed by atoms with Crippen molar-refractivity contribution in [1.82, 2.24) is 14.9 Å². The predicted octanol–water partition coefficient (Wildman–Crippen LogP) is 2.21. The van der Waals surface area contributed by atoms with Gasteiger partial charge in [0.15, 0.2) is 0 Å². The Bertz CT molecular complexity index is 1010. The number of nitriles is 1. The number of amides is 1. The Labute approximate surface area is 163 Å². The smallest absolute Gasteiger partial charge is 0.271 e. The number of hydrogen-bond donors (Lipinski definition) is 3. The minimum Gasteiger partial charge on any atom is -0.384 e. The van der Waals surface area contributed by atoms with Gasteiger partial charge in [0.05, 0.1) is 18.8 Å². The Balaban J connectivity index is 1.56. The number of nitrogen functional groups attached to an aromatic ring is 1. The third-order valence-corrected chi connectivity index (χ3v) is 4.26. The van der Waals surface area contributed by atoms with Crippen LogP contribution in [-0.4, -0.2) is 21.3 Å². The van der Waals surface area contributed by atoms with Crippen molar-refractivity contribution in [3.63, 3.8) is 0 Å². The number of rotatable bonds is 7. The normalized spacial score (nSPS) is 10.2. The Morgan fingerprint density at radius 3 is 2.39 bits per heavy atom. The summed E-state index contributed by atoms with van der Waals surface area (Å²) >= 11 is 0. The quantitative estimate of drug-likeness (QED) is 0.435. The molecular formula is C21H20N6O. The highest BCUT2D eigenvalue weighted by molar-refractivity contribution is 5.95. The average Bonchev–Trinajstić information content (AvgIpc) is 3.17. The first-order valence-electron chi connectivity index (χ1n) is 8.73. The van der Waals surface area contributed by atoms with Crippen molar-refractivity contribution in [3.8, 4) is 6.07 Å². The van der Waals surface area contributed by atoms with Gasteiger partial charge in [-0.15, -0.1) is 0 Å². The van der Waals surface area contributed by atoms with E-state index in [2.05, 4.69) is 16.4 Å². The lowest BCUT2D eigenvalue weighted by molar-refractivity contribution is 0.0946. The van der Waals surface area contributed by atoms with Gasteiger partial charge in [-0.2, -0.15) is 5.26 Å². The van der Waals surface area contributed by atoms with E-state index in [0.717, 1.165) is 16.7 Å². The number of nitrogens with two attached hydrogens (primary N) is 1. The van der Waals surface area contributed by atoms with Gasteiger partial charge in [0.1, 0.15) is 11.5 Å². The van der Waals surface area contributed by atoms with Crippen LogP contribution in [0.4, 0.5) is 0 Å². The topological polar surface area (TPSA) is 121 Å². The van der Waals surface area contributed by atoms with Crippen molar-refractivity contribution in [2.75, 3.05) is 0 Å². The van der Waals surface area contributed by atoms with Crippen molar-refractivity contribution in [1.29, 1.82) is 10.7 Å². The molecule has 2 aromatic carbocycles. The Morgan fingerprint density at radius 2 is 1.75 bits per heavy atom. The zero-order chi connectivity index (χ0) is 19.9. The number of nitrogens with zero attached hydrogens (tertiary/aromatic N) is 3. The summed E-state index contributed by atoms with van der Waals surface area (Å²) in [6.45, 7) is 0.962. The molecule has 3 rings (SSSR count). The predicted molar refractivity (Wildman–Crippen MR) is 106 cm³/mol. The lowest BCUT2D eigenvalue weighted by Gasteiger charge is -2.05. The highest BCUT2D eigenvalue weighted by Gasteiger charge is 2.09. The van der Waals surface area contributed by atoms with Crippen LogP contribution in [-0.2, 0) is 19.5 Å². The molecule has 0 fully saturated rings. The molecule has 7 nitrogen and oxygen atoms in total. The van der Waals surface area contributed by atoms with Gasteiger partial charge in [-0.1, -0.05) is 48.5 Å². The van der Waals surface area contributed by atoms with Gasteiger partial charge in [0, 0.05) is 24.8 Å². The SMILES string of the molecule is N#CCc1ccc(Cn2cnc(C(=O)NCc3ccc(C(=N)N)cc3)c2)cc1. The van der Waals surface area contributed by atoms with Crippen LogP contribution in [0.1, 0.15) is 32.7 Å². The summed E-state index contributed by atoms with van der Waals surface area (Å²) < 4.78 is 1.84. The number of amidine groups is 1. The molecule has 4 N–H and O–H groups in total. The van der Waals surface area contributed by atoms with Crippen molar-refractivity contribution in [3.05, 3.63) is 89.0 Å². The molecule has 1 aromatic heterocycles. The first-order valence-corrected chi connectivity index (χ1v) is 8.73. The van der Waals surface area contributed by atoms with Crippen molar-refractivity contribution in [2.45, 2.75) is 19.5 Å². The Kier molecular flexibility index (Phi) is 5.82. The molecule has 7 heteroatoms. The number of carbonyl (C=O) groups is 1. The molecule has 0 radical (unpaired) electrons. The highest BCUT2D eigenvalue weighted by Crippen LogP contribution is 2.08. The molecule has 140 valence electrons. The van der Waals surface area contributed by atoms with Gasteiger partial charge in [0.2, 0.25) is 0 Å². The van der Waals surface area contributed by atoms with Gasteiger partial charge in [-0.25, -0.2) is 4.98 Å². The van der Waals surface area contributed by atoms with E-state index in [1.807, 2.05) is 41.0 Å². The molecule has 0 saturated heterocycles. The van der Waals surface area contributed by atoms with Gasteiger partial charge in [-0.3, -0.25) is 10.2 Å². The van der Waals surface area contributed by atoms with Crippen LogP contribution in [0.15, 0.2) is 61.1 Å². The number of imidazole rings is 1. The second-order valence-corrected chi connectivity index (χ2v) is 6.38. The third-order valence-electron chi connectivity index (χ3n) is 4.26. The van der Waals surface area contributed by atoms with E-state index in [-0.39, 0.29) is 11.7 Å². The molecule has 0 aliphatic carbocycles. The first-order chi connectivity index (χ1) is 13.5. The highest BCUT2D eigenvalue weighted by atomic mass is 16.1. The average molecular weight is 372 g/mol. The summed E-state index contributed by atoms with van der Waals surface area (Å²) in [5, 5.41) is 18.9. The Hall–Kier alpha value is -3.92. The van der Waals surface area contributed by atoms with E-state index in [1.54, 1.807) is 24.7 Å². The summed E-state index contributed by atoms with van der Waals surface area (Å²) in [5.74, 6) is -0.236. The minimum atomic E-state index is -0.251. The molecule has 0 bridgehead atoms. The molecule has 0 aliphatic rings. The van der Waals surface area contributed by atoms with Crippen LogP contribution >= 0.6 is 0 Å². The minimum absolute atomic E-state index is 0.0147. The van der Waals surface area contributed by atoms with E-state index in [1.165, 1.54) is 0 Å². The molecule has 3 aromatic rings. The third kappa shape index (κ3) is 4.83. The van der Waals surface area contributed by atoms with Gasteiger partial charge < -0.3 is 15.6 Å². The zero-order valence-electron chi connectivity index (χ0n) is 15.2. The number of aromatic nitrogens is 2. The van der Waals surface area contributed by atoms with Crippen molar-refractivity contribution < 1.29 is 4.79 Å². The maximum absolute atomic E-state index is 12.3. The number of benzene rings is 2. The fourth-order valence-electron chi connectivity index (χ4n) is 2.70. The second-order valence-electron chi connectivity index (χ2n) is 6.38. The van der Waals surface area contributed by atoms with E-state index < -0.39 is 0 Å². The van der Waals surface area contributed by atoms with Crippen LogP contribution in [0, 0.1) is 16.7 Å². The molecule has 0 spiro atoms. The number of nitrogens with one attached hydrogen (secondary N) is 2. The fraction of sp³-hybridized carbons (Fsp3) is 0.143. The van der Waals surface area contributed by atoms with Gasteiger partial charge in [0.25, 0.3) is 5.91 Å². The summed E-state index contributed by atoms with van der Waals surface area (Å²) in [6.07, 6.45) is 3.73. The summed E-state index contributed by atoms with van der Waals surface area (Å²) in [6, 6.07) is 17.1. The first kappa shape index (κ1) is 18.9. The lowest BCUT2D eigenvalue weighted by atomic mass is 10.1. The lowest BCUT2D eigenvalue weighted by Crippen LogP contribution is -2.23. The second kappa shape index (κ2) is 8.64. The fourth-order valence-corrected chi connectivity index (χ4v) is 2.70. The Morgan fingerprint density at radius 1 is 1.11 bits per heavy atom. The largest absolute Gasteiger partial charge is 0.384 e. The summed E-state index contributed by atoms with van der Waals surface area (Å²) in [5.41, 5.74) is 9.39. The molecule has 0 saturated carbocycles. The van der Waals surface area contributed by atoms with E-state index in [9.17, 15) is 4.79 Å². The van der Waals surface area contributed by atoms with Crippen LogP contribution in [0.2, 0.25) is 0 Å². The number of hydrogen-bond acceptors (Lipinski definition) is 4. The molecule has 28 heavy (non-hydrogen) atoms. The zero-order valence-corrected chi connectivity index (χ0v) is 15.2. The van der Waals surface area contributed by atoms with Crippen molar-refractivity contribution in [2.24, 2.45) is 5.73 Å². The molecule has 0 atom stereocenters. The van der Waals surface area contributed by atoms with E-state index >= 15 is 0 Å². The maximum atomic E-state index is 12.3. The molecule has 1 heterocycles. The van der Waals surface area contributed by atoms with Gasteiger partial charge in [-0.05, 0) is 16.7 Å². The van der Waals surface area contributed by atoms with E-state index in [0.29, 0.717) is 30.8 Å².